The predicted molar refractivity (Wildman–Crippen MR) is 103 cm³/mol. The molecule has 0 radical (unpaired) electrons. The third-order valence-electron chi connectivity index (χ3n) is 6.26. The van der Waals surface area contributed by atoms with Gasteiger partial charge in [-0.15, -0.1) is 0 Å². The van der Waals surface area contributed by atoms with Crippen molar-refractivity contribution in [2.75, 3.05) is 6.54 Å². The zero-order valence-corrected chi connectivity index (χ0v) is 16.5. The van der Waals surface area contributed by atoms with E-state index in [1.165, 1.54) is 6.42 Å². The van der Waals surface area contributed by atoms with Crippen molar-refractivity contribution < 1.29 is 14.4 Å². The van der Waals surface area contributed by atoms with Crippen LogP contribution in [0.1, 0.15) is 51.2 Å². The van der Waals surface area contributed by atoms with Crippen LogP contribution in [0.15, 0.2) is 24.3 Å². The van der Waals surface area contributed by atoms with E-state index in [4.69, 9.17) is 0 Å². The number of benzene rings is 1. The Bertz CT molecular complexity index is 746. The summed E-state index contributed by atoms with van der Waals surface area (Å²) in [5, 5.41) is 5.78. The van der Waals surface area contributed by atoms with Crippen LogP contribution in [0.3, 0.4) is 0 Å². The molecular formula is C21H29N3O3. The molecule has 27 heavy (non-hydrogen) atoms. The first kappa shape index (κ1) is 19.4. The second-order valence-electron chi connectivity index (χ2n) is 8.25. The van der Waals surface area contributed by atoms with Crippen molar-refractivity contribution in [1.29, 1.82) is 0 Å². The Hall–Kier alpha value is -2.37. The molecule has 1 aromatic rings. The Morgan fingerprint density at radius 1 is 1.22 bits per heavy atom. The number of urea groups is 1. The van der Waals surface area contributed by atoms with Crippen LogP contribution in [-0.4, -0.2) is 35.3 Å². The molecule has 1 aromatic carbocycles. The second-order valence-corrected chi connectivity index (χ2v) is 8.25. The van der Waals surface area contributed by atoms with E-state index < -0.39 is 17.5 Å². The molecule has 1 saturated heterocycles. The lowest BCUT2D eigenvalue weighted by molar-refractivity contribution is -0.135. The fraction of sp³-hybridized carbons (Fsp3) is 0.571. The molecule has 146 valence electrons. The van der Waals surface area contributed by atoms with Gasteiger partial charge in [0.15, 0.2) is 0 Å². The topological polar surface area (TPSA) is 78.5 Å². The minimum atomic E-state index is -1.14. The predicted octanol–water partition coefficient (Wildman–Crippen LogP) is 2.70. The molecule has 1 aliphatic carbocycles. The number of imide groups is 1. The first-order chi connectivity index (χ1) is 12.7. The van der Waals surface area contributed by atoms with Crippen molar-refractivity contribution in [2.45, 2.75) is 58.5 Å². The SMILES string of the molecule is Cc1ccc([C@]2(C)NC(=O)N(CC(=O)N[C@H]3CCC[C@H](C)[C@H]3C)C2=O)cc1. The molecule has 3 rings (SSSR count). The molecule has 4 amide bonds. The van der Waals surface area contributed by atoms with Crippen molar-refractivity contribution >= 4 is 17.8 Å². The number of hydrogen-bond donors (Lipinski definition) is 2. The summed E-state index contributed by atoms with van der Waals surface area (Å²) in [7, 11) is 0. The average Bonchev–Trinajstić information content (AvgIpc) is 2.83. The summed E-state index contributed by atoms with van der Waals surface area (Å²) in [5.74, 6) is 0.281. The minimum absolute atomic E-state index is 0.102. The first-order valence-corrected chi connectivity index (χ1v) is 9.73. The highest BCUT2D eigenvalue weighted by Gasteiger charge is 2.49. The van der Waals surface area contributed by atoms with Crippen LogP contribution in [0.25, 0.3) is 0 Å². The molecule has 0 aromatic heterocycles. The largest absolute Gasteiger partial charge is 0.352 e. The maximum absolute atomic E-state index is 12.9. The number of hydrogen-bond acceptors (Lipinski definition) is 3. The van der Waals surface area contributed by atoms with Crippen LogP contribution in [0.2, 0.25) is 0 Å². The lowest BCUT2D eigenvalue weighted by atomic mass is 9.78. The quantitative estimate of drug-likeness (QED) is 0.799. The molecule has 2 fully saturated rings. The fourth-order valence-electron chi connectivity index (χ4n) is 4.10. The molecule has 2 aliphatic rings. The lowest BCUT2D eigenvalue weighted by Gasteiger charge is -2.34. The van der Waals surface area contributed by atoms with Crippen LogP contribution < -0.4 is 10.6 Å². The Morgan fingerprint density at radius 2 is 1.89 bits per heavy atom. The highest BCUT2D eigenvalue weighted by Crippen LogP contribution is 2.30. The number of aryl methyl sites for hydroxylation is 1. The van der Waals surface area contributed by atoms with Crippen molar-refractivity contribution in [1.82, 2.24) is 15.5 Å². The fourth-order valence-corrected chi connectivity index (χ4v) is 4.10. The van der Waals surface area contributed by atoms with Crippen molar-refractivity contribution in [3.8, 4) is 0 Å². The standard InChI is InChI=1S/C21H29N3O3/c1-13-8-10-16(11-9-13)21(4)19(26)24(20(27)23-21)12-18(25)22-17-7-5-6-14(2)15(17)3/h8-11,14-15,17H,5-7,12H2,1-4H3,(H,22,25)(H,23,27)/t14-,15+,17-,21-/m0/s1. The number of nitrogens with one attached hydrogen (secondary N) is 2. The Morgan fingerprint density at radius 3 is 2.56 bits per heavy atom. The van der Waals surface area contributed by atoms with Gasteiger partial charge in [-0.1, -0.05) is 56.5 Å². The van der Waals surface area contributed by atoms with Gasteiger partial charge in [0.2, 0.25) is 5.91 Å². The van der Waals surface area contributed by atoms with E-state index in [1.54, 1.807) is 6.92 Å². The van der Waals surface area contributed by atoms with Gasteiger partial charge in [0.1, 0.15) is 12.1 Å². The van der Waals surface area contributed by atoms with Crippen LogP contribution in [0, 0.1) is 18.8 Å². The Labute approximate surface area is 160 Å². The monoisotopic (exact) mass is 371 g/mol. The van der Waals surface area contributed by atoms with E-state index in [0.29, 0.717) is 17.4 Å². The molecule has 6 nitrogen and oxygen atoms in total. The van der Waals surface area contributed by atoms with Crippen molar-refractivity contribution in [3.63, 3.8) is 0 Å². The number of carbonyl (C=O) groups is 3. The molecule has 1 aliphatic heterocycles. The van der Waals surface area contributed by atoms with E-state index in [2.05, 4.69) is 24.5 Å². The molecule has 1 heterocycles. The maximum atomic E-state index is 12.9. The van der Waals surface area contributed by atoms with Crippen LogP contribution in [0.5, 0.6) is 0 Å². The Kier molecular flexibility index (Phi) is 5.27. The van der Waals surface area contributed by atoms with Crippen LogP contribution >= 0.6 is 0 Å². The molecular weight excluding hydrogens is 342 g/mol. The van der Waals surface area contributed by atoms with Gasteiger partial charge in [-0.05, 0) is 37.7 Å². The number of carbonyl (C=O) groups excluding carboxylic acids is 3. The van der Waals surface area contributed by atoms with Gasteiger partial charge >= 0.3 is 6.03 Å². The third-order valence-corrected chi connectivity index (χ3v) is 6.26. The summed E-state index contributed by atoms with van der Waals surface area (Å²) in [4.78, 5) is 38.9. The zero-order chi connectivity index (χ0) is 19.8. The van der Waals surface area contributed by atoms with Gasteiger partial charge in [0.05, 0.1) is 0 Å². The smallest absolute Gasteiger partial charge is 0.325 e. The van der Waals surface area contributed by atoms with Crippen molar-refractivity contribution in [2.24, 2.45) is 11.8 Å². The summed E-state index contributed by atoms with van der Waals surface area (Å²) >= 11 is 0. The zero-order valence-electron chi connectivity index (χ0n) is 16.5. The number of rotatable bonds is 4. The molecule has 4 atom stereocenters. The average molecular weight is 371 g/mol. The molecule has 0 spiro atoms. The third kappa shape index (κ3) is 3.70. The van der Waals surface area contributed by atoms with Gasteiger partial charge in [0, 0.05) is 6.04 Å². The molecule has 6 heteroatoms. The summed E-state index contributed by atoms with van der Waals surface area (Å²) in [6, 6.07) is 7.06. The highest BCUT2D eigenvalue weighted by atomic mass is 16.2. The van der Waals surface area contributed by atoms with Crippen LogP contribution in [-0.2, 0) is 15.1 Å². The van der Waals surface area contributed by atoms with Gasteiger partial charge in [-0.2, -0.15) is 0 Å². The molecule has 1 saturated carbocycles. The van der Waals surface area contributed by atoms with Gasteiger partial charge in [-0.3, -0.25) is 14.5 Å². The number of amides is 4. The van der Waals surface area contributed by atoms with Crippen molar-refractivity contribution in [3.05, 3.63) is 35.4 Å². The summed E-state index contributed by atoms with van der Waals surface area (Å²) < 4.78 is 0. The molecule has 2 N–H and O–H groups in total. The minimum Gasteiger partial charge on any atom is -0.352 e. The number of nitrogens with zero attached hydrogens (tertiary/aromatic N) is 1. The van der Waals surface area contributed by atoms with E-state index in [1.807, 2.05) is 31.2 Å². The van der Waals surface area contributed by atoms with Gasteiger partial charge in [0.25, 0.3) is 5.91 Å². The van der Waals surface area contributed by atoms with E-state index in [0.717, 1.165) is 23.3 Å². The van der Waals surface area contributed by atoms with E-state index >= 15 is 0 Å². The summed E-state index contributed by atoms with van der Waals surface area (Å²) in [5.41, 5.74) is 0.646. The lowest BCUT2D eigenvalue weighted by Crippen LogP contribution is -2.48. The van der Waals surface area contributed by atoms with E-state index in [-0.39, 0.29) is 18.5 Å². The normalized spacial score (nSPS) is 31.0. The maximum Gasteiger partial charge on any atom is 0.325 e. The van der Waals surface area contributed by atoms with Crippen LogP contribution in [0.4, 0.5) is 4.79 Å². The highest BCUT2D eigenvalue weighted by molar-refractivity contribution is 6.09. The van der Waals surface area contributed by atoms with Gasteiger partial charge in [-0.25, -0.2) is 4.79 Å². The summed E-state index contributed by atoms with van der Waals surface area (Å²) in [6.45, 7) is 7.75. The van der Waals surface area contributed by atoms with Gasteiger partial charge < -0.3 is 10.6 Å². The van der Waals surface area contributed by atoms with E-state index in [9.17, 15) is 14.4 Å². The summed E-state index contributed by atoms with van der Waals surface area (Å²) in [6.07, 6.45) is 3.21. The first-order valence-electron chi connectivity index (χ1n) is 9.73. The second kappa shape index (κ2) is 7.33. The molecule has 0 unspecified atom stereocenters. The molecule has 0 bridgehead atoms. The Balaban J connectivity index is 1.68.